The van der Waals surface area contributed by atoms with E-state index in [1.807, 2.05) is 17.5 Å². The Bertz CT molecular complexity index is 505. The van der Waals surface area contributed by atoms with E-state index in [0.717, 1.165) is 16.1 Å². The van der Waals surface area contributed by atoms with E-state index in [1.54, 1.807) is 18.2 Å². The van der Waals surface area contributed by atoms with E-state index < -0.39 is 5.97 Å². The van der Waals surface area contributed by atoms with Crippen LogP contribution < -0.4 is 5.73 Å². The smallest absolute Gasteiger partial charge is 0.335 e. The van der Waals surface area contributed by atoms with Gasteiger partial charge in [0.15, 0.2) is 0 Å². The zero-order valence-electron chi connectivity index (χ0n) is 7.81. The third-order valence-electron chi connectivity index (χ3n) is 2.06. The highest BCUT2D eigenvalue weighted by Crippen LogP contribution is 2.27. The van der Waals surface area contributed by atoms with Crippen molar-refractivity contribution in [2.45, 2.75) is 0 Å². The van der Waals surface area contributed by atoms with Crippen LogP contribution >= 0.6 is 11.3 Å². The van der Waals surface area contributed by atoms with Crippen LogP contribution in [0.25, 0.3) is 11.1 Å². The van der Waals surface area contributed by atoms with Crippen molar-refractivity contribution < 1.29 is 9.90 Å². The fourth-order valence-corrected chi connectivity index (χ4v) is 2.00. The van der Waals surface area contributed by atoms with Crippen molar-refractivity contribution in [3.05, 3.63) is 41.3 Å². The Kier molecular flexibility index (Phi) is 2.43. The minimum absolute atomic E-state index is 0.289. The molecular weight excluding hydrogens is 210 g/mol. The first-order valence-electron chi connectivity index (χ1n) is 4.34. The molecule has 76 valence electrons. The fraction of sp³-hybridized carbons (Fsp3) is 0. The first kappa shape index (κ1) is 9.73. The standard InChI is InChI=1S/C11H9NO2S/c12-10-5-9(6-15-10)7-2-1-3-8(4-7)11(13)14/h1-6H,12H2,(H,13,14). The number of hydrogen-bond donors (Lipinski definition) is 2. The summed E-state index contributed by atoms with van der Waals surface area (Å²) in [6.07, 6.45) is 0. The number of aromatic carboxylic acids is 1. The number of rotatable bonds is 2. The van der Waals surface area contributed by atoms with Crippen LogP contribution in [-0.2, 0) is 0 Å². The molecule has 1 aromatic carbocycles. The van der Waals surface area contributed by atoms with Crippen molar-refractivity contribution in [1.29, 1.82) is 0 Å². The normalized spacial score (nSPS) is 10.1. The quantitative estimate of drug-likeness (QED) is 0.816. The molecule has 1 heterocycles. The number of benzene rings is 1. The molecule has 0 aliphatic carbocycles. The number of carboxylic acid groups (broad SMARTS) is 1. The topological polar surface area (TPSA) is 63.3 Å². The second kappa shape index (κ2) is 3.74. The van der Waals surface area contributed by atoms with Crippen LogP contribution in [-0.4, -0.2) is 11.1 Å². The maximum atomic E-state index is 10.8. The second-order valence-corrected chi connectivity index (χ2v) is 4.07. The summed E-state index contributed by atoms with van der Waals surface area (Å²) >= 11 is 1.44. The van der Waals surface area contributed by atoms with E-state index in [1.165, 1.54) is 11.3 Å². The summed E-state index contributed by atoms with van der Waals surface area (Å²) in [5.74, 6) is -0.917. The van der Waals surface area contributed by atoms with Crippen LogP contribution in [0.15, 0.2) is 35.7 Å². The lowest BCUT2D eigenvalue weighted by atomic mass is 10.1. The lowest BCUT2D eigenvalue weighted by molar-refractivity contribution is 0.0697. The zero-order valence-corrected chi connectivity index (χ0v) is 8.62. The van der Waals surface area contributed by atoms with Crippen LogP contribution in [0.1, 0.15) is 10.4 Å². The molecule has 0 saturated carbocycles. The van der Waals surface area contributed by atoms with Crippen molar-refractivity contribution >= 4 is 22.3 Å². The van der Waals surface area contributed by atoms with Crippen LogP contribution in [0.5, 0.6) is 0 Å². The Morgan fingerprint density at radius 1 is 1.27 bits per heavy atom. The Hall–Kier alpha value is -1.81. The molecule has 0 aliphatic rings. The van der Waals surface area contributed by atoms with Gasteiger partial charge in [-0.1, -0.05) is 12.1 Å². The fourth-order valence-electron chi connectivity index (χ4n) is 1.34. The first-order chi connectivity index (χ1) is 7.16. The molecule has 0 unspecified atom stereocenters. The lowest BCUT2D eigenvalue weighted by Crippen LogP contribution is -1.95. The monoisotopic (exact) mass is 219 g/mol. The van der Waals surface area contributed by atoms with Gasteiger partial charge in [-0.05, 0) is 29.3 Å². The van der Waals surface area contributed by atoms with Crippen molar-refractivity contribution in [3.8, 4) is 11.1 Å². The molecule has 3 N–H and O–H groups in total. The predicted octanol–water partition coefficient (Wildman–Crippen LogP) is 2.70. The summed E-state index contributed by atoms with van der Waals surface area (Å²) in [5.41, 5.74) is 7.74. The van der Waals surface area contributed by atoms with Gasteiger partial charge in [-0.3, -0.25) is 0 Å². The third kappa shape index (κ3) is 1.99. The molecule has 3 nitrogen and oxygen atoms in total. The Balaban J connectivity index is 2.45. The summed E-state index contributed by atoms with van der Waals surface area (Å²) in [6.45, 7) is 0. The first-order valence-corrected chi connectivity index (χ1v) is 5.22. The molecule has 0 bridgehead atoms. The van der Waals surface area contributed by atoms with Crippen molar-refractivity contribution in [2.75, 3.05) is 5.73 Å². The van der Waals surface area contributed by atoms with Crippen LogP contribution in [0.4, 0.5) is 5.00 Å². The van der Waals surface area contributed by atoms with E-state index in [0.29, 0.717) is 0 Å². The summed E-state index contributed by atoms with van der Waals surface area (Å²) in [5, 5.41) is 11.5. The zero-order chi connectivity index (χ0) is 10.8. The maximum absolute atomic E-state index is 10.8. The average molecular weight is 219 g/mol. The van der Waals surface area contributed by atoms with Crippen LogP contribution in [0.2, 0.25) is 0 Å². The van der Waals surface area contributed by atoms with E-state index in [2.05, 4.69) is 0 Å². The highest BCUT2D eigenvalue weighted by molar-refractivity contribution is 7.14. The lowest BCUT2D eigenvalue weighted by Gasteiger charge is -1.99. The van der Waals surface area contributed by atoms with Crippen LogP contribution in [0, 0.1) is 0 Å². The molecule has 0 amide bonds. The molecule has 0 radical (unpaired) electrons. The molecule has 0 spiro atoms. The molecule has 2 rings (SSSR count). The van der Waals surface area contributed by atoms with E-state index in [4.69, 9.17) is 10.8 Å². The summed E-state index contributed by atoms with van der Waals surface area (Å²) in [7, 11) is 0. The molecule has 15 heavy (non-hydrogen) atoms. The molecular formula is C11H9NO2S. The van der Waals surface area contributed by atoms with E-state index in [-0.39, 0.29) is 5.56 Å². The van der Waals surface area contributed by atoms with Crippen LogP contribution in [0.3, 0.4) is 0 Å². The van der Waals surface area contributed by atoms with Gasteiger partial charge < -0.3 is 10.8 Å². The number of nitrogen functional groups attached to an aromatic ring is 1. The van der Waals surface area contributed by atoms with Gasteiger partial charge in [-0.2, -0.15) is 0 Å². The average Bonchev–Trinajstić information content (AvgIpc) is 2.65. The minimum Gasteiger partial charge on any atom is -0.478 e. The predicted molar refractivity (Wildman–Crippen MR) is 61.1 cm³/mol. The highest BCUT2D eigenvalue weighted by Gasteiger charge is 2.05. The Morgan fingerprint density at radius 3 is 2.67 bits per heavy atom. The van der Waals surface area contributed by atoms with Gasteiger partial charge in [-0.25, -0.2) is 4.79 Å². The molecule has 0 atom stereocenters. The number of thiophene rings is 1. The highest BCUT2D eigenvalue weighted by atomic mass is 32.1. The maximum Gasteiger partial charge on any atom is 0.335 e. The van der Waals surface area contributed by atoms with Gasteiger partial charge in [0.05, 0.1) is 10.6 Å². The molecule has 0 fully saturated rings. The van der Waals surface area contributed by atoms with Gasteiger partial charge in [0.1, 0.15) is 0 Å². The third-order valence-corrected chi connectivity index (χ3v) is 2.82. The van der Waals surface area contributed by atoms with Crippen molar-refractivity contribution in [1.82, 2.24) is 0 Å². The summed E-state index contributed by atoms with van der Waals surface area (Å²) < 4.78 is 0. The van der Waals surface area contributed by atoms with Gasteiger partial charge in [-0.15, -0.1) is 11.3 Å². The molecule has 4 heteroatoms. The Labute approximate surface area is 90.8 Å². The van der Waals surface area contributed by atoms with E-state index in [9.17, 15) is 4.79 Å². The van der Waals surface area contributed by atoms with E-state index >= 15 is 0 Å². The molecule has 1 aromatic heterocycles. The van der Waals surface area contributed by atoms with Gasteiger partial charge >= 0.3 is 5.97 Å². The SMILES string of the molecule is Nc1cc(-c2cccc(C(=O)O)c2)cs1. The second-order valence-electron chi connectivity index (χ2n) is 3.12. The molecule has 0 saturated heterocycles. The number of hydrogen-bond acceptors (Lipinski definition) is 3. The number of nitrogens with two attached hydrogens (primary N) is 1. The number of carboxylic acids is 1. The largest absolute Gasteiger partial charge is 0.478 e. The van der Waals surface area contributed by atoms with Gasteiger partial charge in [0.2, 0.25) is 0 Å². The minimum atomic E-state index is -0.917. The number of anilines is 1. The number of carbonyl (C=O) groups is 1. The summed E-state index contributed by atoms with van der Waals surface area (Å²) in [4.78, 5) is 10.8. The molecule has 2 aromatic rings. The van der Waals surface area contributed by atoms with Gasteiger partial charge in [0, 0.05) is 5.38 Å². The molecule has 0 aliphatic heterocycles. The van der Waals surface area contributed by atoms with Crippen molar-refractivity contribution in [2.24, 2.45) is 0 Å². The summed E-state index contributed by atoms with van der Waals surface area (Å²) in [6, 6.07) is 8.65. The Morgan fingerprint density at radius 2 is 2.07 bits per heavy atom. The van der Waals surface area contributed by atoms with Gasteiger partial charge in [0.25, 0.3) is 0 Å². The van der Waals surface area contributed by atoms with Crippen molar-refractivity contribution in [3.63, 3.8) is 0 Å².